The second kappa shape index (κ2) is 8.23. The van der Waals surface area contributed by atoms with Gasteiger partial charge < -0.3 is 19.9 Å². The molecule has 1 aliphatic rings. The zero-order valence-electron chi connectivity index (χ0n) is 14.3. The highest BCUT2D eigenvalue weighted by molar-refractivity contribution is 6.30. The smallest absolute Gasteiger partial charge is 0.322 e. The van der Waals surface area contributed by atoms with Crippen molar-refractivity contribution in [2.75, 3.05) is 38.6 Å². The fraction of sp³-hybridized carbons (Fsp3) is 0.316. The third-order valence-electron chi connectivity index (χ3n) is 4.45. The van der Waals surface area contributed by atoms with Crippen molar-refractivity contribution in [1.82, 2.24) is 4.90 Å². The summed E-state index contributed by atoms with van der Waals surface area (Å²) in [6, 6.07) is 15.3. The number of nitrogens with one attached hydrogen (secondary N) is 2. The van der Waals surface area contributed by atoms with Gasteiger partial charge in [-0.3, -0.25) is 0 Å². The summed E-state index contributed by atoms with van der Waals surface area (Å²) in [5.74, 6) is 0.668. The molecule has 132 valence electrons. The lowest BCUT2D eigenvalue weighted by Crippen LogP contribution is -3.13. The van der Waals surface area contributed by atoms with Gasteiger partial charge in [-0.2, -0.15) is 0 Å². The average molecular weight is 361 g/mol. The van der Waals surface area contributed by atoms with Crippen molar-refractivity contribution in [3.05, 3.63) is 59.1 Å². The molecule has 2 amide bonds. The fourth-order valence-corrected chi connectivity index (χ4v) is 3.29. The number of halogens is 1. The Kier molecular flexibility index (Phi) is 5.79. The minimum Gasteiger partial charge on any atom is -0.495 e. The number of nitrogens with zero attached hydrogens (tertiary/aromatic N) is 1. The topological polar surface area (TPSA) is 46.0 Å². The molecule has 1 aliphatic heterocycles. The van der Waals surface area contributed by atoms with Crippen LogP contribution in [0.4, 0.5) is 10.5 Å². The summed E-state index contributed by atoms with van der Waals surface area (Å²) in [5.41, 5.74) is 1.93. The summed E-state index contributed by atoms with van der Waals surface area (Å²) in [5, 5.41) is 3.71. The number of urea groups is 1. The molecule has 2 aromatic rings. The maximum atomic E-state index is 12.5. The van der Waals surface area contributed by atoms with Gasteiger partial charge in [-0.1, -0.05) is 35.9 Å². The first-order chi connectivity index (χ1) is 12.2. The van der Waals surface area contributed by atoms with Gasteiger partial charge in [0.1, 0.15) is 12.3 Å². The highest BCUT2D eigenvalue weighted by Crippen LogP contribution is 2.23. The number of methoxy groups -OCH3 is 1. The summed E-state index contributed by atoms with van der Waals surface area (Å²) in [7, 11) is 1.60. The summed E-state index contributed by atoms with van der Waals surface area (Å²) < 4.78 is 5.28. The van der Waals surface area contributed by atoms with E-state index in [0.29, 0.717) is 11.4 Å². The third kappa shape index (κ3) is 4.65. The molecular weight excluding hydrogens is 338 g/mol. The zero-order valence-corrected chi connectivity index (χ0v) is 15.1. The molecule has 0 bridgehead atoms. The van der Waals surface area contributed by atoms with Crippen LogP contribution < -0.4 is 15.0 Å². The largest absolute Gasteiger partial charge is 0.495 e. The molecule has 1 heterocycles. The molecule has 0 aliphatic carbocycles. The number of rotatable bonds is 4. The zero-order chi connectivity index (χ0) is 17.6. The fourth-order valence-electron chi connectivity index (χ4n) is 3.08. The van der Waals surface area contributed by atoms with Crippen LogP contribution in [0.3, 0.4) is 0 Å². The van der Waals surface area contributed by atoms with Crippen LogP contribution >= 0.6 is 11.6 Å². The summed E-state index contributed by atoms with van der Waals surface area (Å²) in [6.45, 7) is 4.24. The predicted octanol–water partition coefficient (Wildman–Crippen LogP) is 2.28. The predicted molar refractivity (Wildman–Crippen MR) is 99.4 cm³/mol. The van der Waals surface area contributed by atoms with Crippen molar-refractivity contribution in [2.24, 2.45) is 0 Å². The van der Waals surface area contributed by atoms with Crippen LogP contribution in [0.25, 0.3) is 0 Å². The molecule has 0 radical (unpaired) electrons. The lowest BCUT2D eigenvalue weighted by molar-refractivity contribution is -0.917. The number of hydrogen-bond donors (Lipinski definition) is 2. The van der Waals surface area contributed by atoms with Gasteiger partial charge in [-0.15, -0.1) is 0 Å². The SMILES string of the molecule is COc1ccccc1NC(=O)N1CC[NH+](Cc2cccc(Cl)c2)CC1. The van der Waals surface area contributed by atoms with E-state index in [1.54, 1.807) is 7.11 Å². The average Bonchev–Trinajstić information content (AvgIpc) is 2.63. The number of carbonyl (C=O) groups is 1. The monoisotopic (exact) mass is 360 g/mol. The van der Waals surface area contributed by atoms with E-state index < -0.39 is 0 Å². The molecule has 0 spiro atoms. The van der Waals surface area contributed by atoms with Crippen LogP contribution in [0.2, 0.25) is 5.02 Å². The van der Waals surface area contributed by atoms with Crippen LogP contribution in [0.15, 0.2) is 48.5 Å². The normalized spacial score (nSPS) is 15.0. The van der Waals surface area contributed by atoms with E-state index >= 15 is 0 Å². The third-order valence-corrected chi connectivity index (χ3v) is 4.68. The highest BCUT2D eigenvalue weighted by Gasteiger charge is 2.24. The Bertz CT molecular complexity index is 730. The standard InChI is InChI=1S/C19H22ClN3O2/c1-25-18-8-3-2-7-17(18)21-19(24)23-11-9-22(10-12-23)14-15-5-4-6-16(20)13-15/h2-8,13H,9-12,14H2,1H3,(H,21,24)/p+1. The van der Waals surface area contributed by atoms with E-state index in [1.807, 2.05) is 47.4 Å². The minimum absolute atomic E-state index is 0.0775. The van der Waals surface area contributed by atoms with Gasteiger partial charge in [-0.25, -0.2) is 4.79 Å². The molecule has 6 heteroatoms. The Balaban J connectivity index is 1.52. The van der Waals surface area contributed by atoms with E-state index in [-0.39, 0.29) is 6.03 Å². The Morgan fingerprint density at radius 3 is 2.68 bits per heavy atom. The molecule has 2 N–H and O–H groups in total. The van der Waals surface area contributed by atoms with Crippen LogP contribution in [-0.4, -0.2) is 44.2 Å². The van der Waals surface area contributed by atoms with E-state index in [0.717, 1.165) is 37.7 Å². The summed E-state index contributed by atoms with van der Waals surface area (Å²) in [6.07, 6.45) is 0. The van der Waals surface area contributed by atoms with Crippen LogP contribution in [0, 0.1) is 0 Å². The maximum Gasteiger partial charge on any atom is 0.322 e. The van der Waals surface area contributed by atoms with Gasteiger partial charge in [0, 0.05) is 10.6 Å². The van der Waals surface area contributed by atoms with E-state index in [4.69, 9.17) is 16.3 Å². The quantitative estimate of drug-likeness (QED) is 0.878. The van der Waals surface area contributed by atoms with Crippen molar-refractivity contribution < 1.29 is 14.4 Å². The Morgan fingerprint density at radius 1 is 1.20 bits per heavy atom. The van der Waals surface area contributed by atoms with Gasteiger partial charge in [0.25, 0.3) is 0 Å². The van der Waals surface area contributed by atoms with Crippen molar-refractivity contribution >= 4 is 23.3 Å². The Hall–Kier alpha value is -2.24. The molecule has 0 atom stereocenters. The van der Waals surface area contributed by atoms with Gasteiger partial charge >= 0.3 is 6.03 Å². The molecule has 3 rings (SSSR count). The van der Waals surface area contributed by atoms with Crippen molar-refractivity contribution in [3.63, 3.8) is 0 Å². The van der Waals surface area contributed by atoms with Gasteiger partial charge in [0.15, 0.2) is 0 Å². The molecule has 1 fully saturated rings. The minimum atomic E-state index is -0.0775. The van der Waals surface area contributed by atoms with Gasteiger partial charge in [0.2, 0.25) is 0 Å². The van der Waals surface area contributed by atoms with Gasteiger partial charge in [0.05, 0.1) is 39.0 Å². The van der Waals surface area contributed by atoms with Crippen LogP contribution in [0.5, 0.6) is 5.75 Å². The Morgan fingerprint density at radius 2 is 1.96 bits per heavy atom. The second-order valence-electron chi connectivity index (χ2n) is 6.17. The lowest BCUT2D eigenvalue weighted by Gasteiger charge is -2.32. The molecule has 2 aromatic carbocycles. The first-order valence-corrected chi connectivity index (χ1v) is 8.80. The number of hydrogen-bond acceptors (Lipinski definition) is 2. The van der Waals surface area contributed by atoms with E-state index in [9.17, 15) is 4.79 Å². The number of anilines is 1. The first-order valence-electron chi connectivity index (χ1n) is 8.42. The second-order valence-corrected chi connectivity index (χ2v) is 6.61. The molecule has 0 saturated carbocycles. The molecule has 25 heavy (non-hydrogen) atoms. The molecule has 0 unspecified atom stereocenters. The lowest BCUT2D eigenvalue weighted by atomic mass is 10.2. The maximum absolute atomic E-state index is 12.5. The molecule has 1 saturated heterocycles. The molecule has 0 aromatic heterocycles. The number of carbonyl (C=O) groups excluding carboxylic acids is 1. The van der Waals surface area contributed by atoms with Crippen molar-refractivity contribution in [2.45, 2.75) is 6.54 Å². The highest BCUT2D eigenvalue weighted by atomic mass is 35.5. The van der Waals surface area contributed by atoms with Crippen molar-refractivity contribution in [3.8, 4) is 5.75 Å². The number of amides is 2. The molecule has 5 nitrogen and oxygen atoms in total. The first kappa shape index (κ1) is 17.6. The van der Waals surface area contributed by atoms with E-state index in [2.05, 4.69) is 11.4 Å². The number of para-hydroxylation sites is 2. The van der Waals surface area contributed by atoms with Gasteiger partial charge in [-0.05, 0) is 24.3 Å². The number of piperazine rings is 1. The Labute approximate surface area is 153 Å². The number of benzene rings is 2. The number of ether oxygens (including phenoxy) is 1. The summed E-state index contributed by atoms with van der Waals surface area (Å²) >= 11 is 6.05. The van der Waals surface area contributed by atoms with Crippen molar-refractivity contribution in [1.29, 1.82) is 0 Å². The molecular formula is C19H23ClN3O2+. The van der Waals surface area contributed by atoms with E-state index in [1.165, 1.54) is 10.5 Å². The van der Waals surface area contributed by atoms with Crippen LogP contribution in [-0.2, 0) is 6.54 Å². The van der Waals surface area contributed by atoms with Crippen LogP contribution in [0.1, 0.15) is 5.56 Å². The number of quaternary nitrogens is 1. The summed E-state index contributed by atoms with van der Waals surface area (Å²) in [4.78, 5) is 15.8.